The van der Waals surface area contributed by atoms with E-state index in [0.717, 1.165) is 43.7 Å². The van der Waals surface area contributed by atoms with E-state index in [9.17, 15) is 9.59 Å². The molecule has 8 heteroatoms. The Morgan fingerprint density at radius 2 is 1.59 bits per heavy atom. The maximum atomic E-state index is 12.6. The molecule has 0 aliphatic carbocycles. The zero-order chi connectivity index (χ0) is 22.2. The lowest BCUT2D eigenvalue weighted by Gasteiger charge is -2.36. The van der Waals surface area contributed by atoms with Crippen LogP contribution >= 0.6 is 0 Å². The molecule has 0 spiro atoms. The van der Waals surface area contributed by atoms with Crippen LogP contribution < -0.4 is 0 Å². The number of carbonyl (C=O) groups excluding carboxylic acids is 2. The van der Waals surface area contributed by atoms with Crippen molar-refractivity contribution in [3.05, 3.63) is 60.1 Å². The molecule has 2 amide bonds. The van der Waals surface area contributed by atoms with Crippen molar-refractivity contribution in [2.75, 3.05) is 39.3 Å². The lowest BCUT2D eigenvalue weighted by Crippen LogP contribution is -2.51. The lowest BCUT2D eigenvalue weighted by atomic mass is 10.0. The fourth-order valence-corrected chi connectivity index (χ4v) is 4.20. The summed E-state index contributed by atoms with van der Waals surface area (Å²) in [5, 5.41) is 0. The van der Waals surface area contributed by atoms with Crippen molar-refractivity contribution in [2.24, 2.45) is 0 Å². The summed E-state index contributed by atoms with van der Waals surface area (Å²) in [4.78, 5) is 30.5. The predicted molar refractivity (Wildman–Crippen MR) is 118 cm³/mol. The number of furan rings is 1. The smallest absolute Gasteiger partial charge is 0.410 e. The van der Waals surface area contributed by atoms with Gasteiger partial charge in [0.25, 0.3) is 0 Å². The Bertz CT molecular complexity index is 850. The van der Waals surface area contributed by atoms with Crippen LogP contribution in [0.15, 0.2) is 53.1 Å². The van der Waals surface area contributed by atoms with Crippen LogP contribution in [-0.4, -0.2) is 72.3 Å². The number of hydrogen-bond acceptors (Lipinski definition) is 6. The molecule has 0 saturated carbocycles. The number of piperazine rings is 1. The highest BCUT2D eigenvalue weighted by molar-refractivity contribution is 5.70. The van der Waals surface area contributed by atoms with Crippen molar-refractivity contribution in [2.45, 2.75) is 38.5 Å². The highest BCUT2D eigenvalue weighted by Crippen LogP contribution is 2.20. The Kier molecular flexibility index (Phi) is 7.66. The van der Waals surface area contributed by atoms with E-state index in [-0.39, 0.29) is 24.8 Å². The number of piperidine rings is 1. The molecule has 1 aromatic heterocycles. The summed E-state index contributed by atoms with van der Waals surface area (Å²) < 4.78 is 16.5. The molecule has 2 aromatic rings. The van der Waals surface area contributed by atoms with Gasteiger partial charge in [0.05, 0.1) is 12.8 Å². The SMILES string of the molecule is O=C(OCc1ccccc1)N1CCN(C(=O)OCC2CCCCN2Cc2ccco2)CC1. The molecule has 3 heterocycles. The zero-order valence-electron chi connectivity index (χ0n) is 18.4. The minimum absolute atomic E-state index is 0.201. The van der Waals surface area contributed by atoms with Crippen LogP contribution in [0.2, 0.25) is 0 Å². The Labute approximate surface area is 188 Å². The van der Waals surface area contributed by atoms with E-state index < -0.39 is 0 Å². The number of rotatable bonds is 6. The van der Waals surface area contributed by atoms with Crippen molar-refractivity contribution in [1.82, 2.24) is 14.7 Å². The number of amides is 2. The van der Waals surface area contributed by atoms with Gasteiger partial charge < -0.3 is 23.7 Å². The average molecular weight is 442 g/mol. The van der Waals surface area contributed by atoms with Gasteiger partial charge in [-0.25, -0.2) is 9.59 Å². The van der Waals surface area contributed by atoms with Crippen LogP contribution in [0.25, 0.3) is 0 Å². The van der Waals surface area contributed by atoms with Gasteiger partial charge in [0.15, 0.2) is 0 Å². The monoisotopic (exact) mass is 441 g/mol. The number of likely N-dealkylation sites (tertiary alicyclic amines) is 1. The van der Waals surface area contributed by atoms with Gasteiger partial charge in [-0.15, -0.1) is 0 Å². The first kappa shape index (κ1) is 22.2. The molecule has 1 unspecified atom stereocenters. The number of hydrogen-bond donors (Lipinski definition) is 0. The molecule has 2 fully saturated rings. The predicted octanol–water partition coefficient (Wildman–Crippen LogP) is 3.73. The van der Waals surface area contributed by atoms with Crippen molar-refractivity contribution in [1.29, 1.82) is 0 Å². The summed E-state index contributed by atoms with van der Waals surface area (Å²) in [6.07, 6.45) is 4.32. The first-order valence-electron chi connectivity index (χ1n) is 11.3. The average Bonchev–Trinajstić information content (AvgIpc) is 3.36. The van der Waals surface area contributed by atoms with Crippen LogP contribution in [0.1, 0.15) is 30.6 Å². The number of carbonyl (C=O) groups is 2. The molecule has 0 bridgehead atoms. The van der Waals surface area contributed by atoms with E-state index in [1.165, 1.54) is 0 Å². The second-order valence-corrected chi connectivity index (χ2v) is 8.29. The van der Waals surface area contributed by atoms with Gasteiger partial charge in [-0.05, 0) is 37.1 Å². The molecule has 0 N–H and O–H groups in total. The van der Waals surface area contributed by atoms with E-state index in [1.54, 1.807) is 16.1 Å². The van der Waals surface area contributed by atoms with Gasteiger partial charge in [-0.1, -0.05) is 36.8 Å². The fourth-order valence-electron chi connectivity index (χ4n) is 4.20. The first-order chi connectivity index (χ1) is 15.7. The standard InChI is InChI=1S/C24H31N3O5/c28-23(31-18-20-7-2-1-3-8-20)25-12-14-26(15-13-25)24(29)32-19-21-9-4-5-11-27(21)17-22-10-6-16-30-22/h1-3,6-8,10,16,21H,4-5,9,11-15,17-19H2. The summed E-state index contributed by atoms with van der Waals surface area (Å²) >= 11 is 0. The Morgan fingerprint density at radius 3 is 2.28 bits per heavy atom. The van der Waals surface area contributed by atoms with Crippen LogP contribution in [-0.2, 0) is 22.6 Å². The van der Waals surface area contributed by atoms with Gasteiger partial charge in [0.2, 0.25) is 0 Å². The van der Waals surface area contributed by atoms with Gasteiger partial charge in [0.1, 0.15) is 19.0 Å². The van der Waals surface area contributed by atoms with Gasteiger partial charge in [-0.3, -0.25) is 4.90 Å². The molecule has 1 aromatic carbocycles. The minimum atomic E-state index is -0.349. The van der Waals surface area contributed by atoms with E-state index in [2.05, 4.69) is 4.90 Å². The van der Waals surface area contributed by atoms with E-state index in [1.807, 2.05) is 42.5 Å². The molecule has 2 saturated heterocycles. The number of benzene rings is 1. The Balaban J connectivity index is 1.18. The molecule has 0 radical (unpaired) electrons. The van der Waals surface area contributed by atoms with E-state index in [0.29, 0.717) is 32.8 Å². The Hall–Kier alpha value is -3.00. The molecule has 2 aliphatic rings. The quantitative estimate of drug-likeness (QED) is 0.680. The third kappa shape index (κ3) is 6.03. The van der Waals surface area contributed by atoms with Crippen molar-refractivity contribution in [3.63, 3.8) is 0 Å². The molecule has 172 valence electrons. The van der Waals surface area contributed by atoms with Crippen molar-refractivity contribution < 1.29 is 23.5 Å². The first-order valence-corrected chi connectivity index (χ1v) is 11.3. The summed E-state index contributed by atoms with van der Waals surface area (Å²) in [5.41, 5.74) is 0.951. The summed E-state index contributed by atoms with van der Waals surface area (Å²) in [6.45, 7) is 4.11. The second kappa shape index (κ2) is 11.0. The van der Waals surface area contributed by atoms with Gasteiger partial charge in [0, 0.05) is 32.2 Å². The maximum Gasteiger partial charge on any atom is 0.410 e. The number of ether oxygens (including phenoxy) is 2. The largest absolute Gasteiger partial charge is 0.468 e. The normalized spacial score (nSPS) is 19.6. The fraction of sp³-hybridized carbons (Fsp3) is 0.500. The van der Waals surface area contributed by atoms with Crippen LogP contribution in [0.5, 0.6) is 0 Å². The highest BCUT2D eigenvalue weighted by Gasteiger charge is 2.28. The number of nitrogens with zero attached hydrogens (tertiary/aromatic N) is 3. The van der Waals surface area contributed by atoms with Crippen LogP contribution in [0.4, 0.5) is 9.59 Å². The molecule has 4 rings (SSSR count). The highest BCUT2D eigenvalue weighted by atomic mass is 16.6. The van der Waals surface area contributed by atoms with E-state index >= 15 is 0 Å². The summed E-state index contributed by atoms with van der Waals surface area (Å²) in [5.74, 6) is 0.929. The summed E-state index contributed by atoms with van der Waals surface area (Å²) in [7, 11) is 0. The molecule has 1 atom stereocenters. The Morgan fingerprint density at radius 1 is 0.875 bits per heavy atom. The summed E-state index contributed by atoms with van der Waals surface area (Å²) in [6, 6.07) is 13.7. The van der Waals surface area contributed by atoms with Crippen LogP contribution in [0.3, 0.4) is 0 Å². The molecule has 32 heavy (non-hydrogen) atoms. The van der Waals surface area contributed by atoms with Crippen molar-refractivity contribution >= 4 is 12.2 Å². The minimum Gasteiger partial charge on any atom is -0.468 e. The zero-order valence-corrected chi connectivity index (χ0v) is 18.4. The second-order valence-electron chi connectivity index (χ2n) is 8.29. The molecular formula is C24H31N3O5. The van der Waals surface area contributed by atoms with Gasteiger partial charge in [-0.2, -0.15) is 0 Å². The van der Waals surface area contributed by atoms with Gasteiger partial charge >= 0.3 is 12.2 Å². The molecular weight excluding hydrogens is 410 g/mol. The molecule has 2 aliphatic heterocycles. The third-order valence-electron chi connectivity index (χ3n) is 6.09. The van der Waals surface area contributed by atoms with E-state index in [4.69, 9.17) is 13.9 Å². The van der Waals surface area contributed by atoms with Crippen LogP contribution in [0, 0.1) is 0 Å². The maximum absolute atomic E-state index is 12.6. The topological polar surface area (TPSA) is 75.5 Å². The van der Waals surface area contributed by atoms with Crippen molar-refractivity contribution in [3.8, 4) is 0 Å². The lowest BCUT2D eigenvalue weighted by molar-refractivity contribution is 0.0316. The third-order valence-corrected chi connectivity index (χ3v) is 6.09. The molecule has 8 nitrogen and oxygen atoms in total.